The lowest BCUT2D eigenvalue weighted by Gasteiger charge is -2.31. The number of hydrogen-bond donors (Lipinski definition) is 1. The summed E-state index contributed by atoms with van der Waals surface area (Å²) in [6.45, 7) is 1.90. The Balaban J connectivity index is 2.14. The summed E-state index contributed by atoms with van der Waals surface area (Å²) in [6, 6.07) is 4.15. The van der Waals surface area contributed by atoms with Gasteiger partial charge in [-0.1, -0.05) is 15.9 Å². The van der Waals surface area contributed by atoms with Crippen LogP contribution in [0.4, 0.5) is 18.9 Å². The van der Waals surface area contributed by atoms with Crippen LogP contribution in [-0.4, -0.2) is 31.1 Å². The van der Waals surface area contributed by atoms with Crippen molar-refractivity contribution in [2.45, 2.75) is 25.1 Å². The molecule has 0 saturated carbocycles. The summed E-state index contributed by atoms with van der Waals surface area (Å²) in [5.41, 5.74) is -0.115. The first-order valence-electron chi connectivity index (χ1n) is 6.17. The van der Waals surface area contributed by atoms with Crippen molar-refractivity contribution in [2.75, 3.05) is 25.5 Å². The lowest BCUT2D eigenvalue weighted by molar-refractivity contribution is -0.137. The number of halogens is 4. The minimum Gasteiger partial charge on any atom is -0.381 e. The van der Waals surface area contributed by atoms with Gasteiger partial charge in [-0.2, -0.15) is 13.2 Å². The van der Waals surface area contributed by atoms with E-state index in [1.165, 1.54) is 6.07 Å². The van der Waals surface area contributed by atoms with E-state index >= 15 is 0 Å². The zero-order valence-electron chi connectivity index (χ0n) is 10.6. The predicted molar refractivity (Wildman–Crippen MR) is 73.3 cm³/mol. The normalized spacial score (nSPS) is 21.4. The number of nitrogens with one attached hydrogen (secondary N) is 1. The van der Waals surface area contributed by atoms with E-state index < -0.39 is 11.7 Å². The highest BCUT2D eigenvalue weighted by Gasteiger charge is 2.31. The Kier molecular flexibility index (Phi) is 4.40. The quantitative estimate of drug-likeness (QED) is 0.878. The lowest BCUT2D eigenvalue weighted by atomic mass is 10.1. The molecule has 1 aromatic rings. The van der Waals surface area contributed by atoms with E-state index in [-0.39, 0.29) is 6.04 Å². The number of alkyl halides is 3. The minimum absolute atomic E-state index is 0.203. The Labute approximate surface area is 119 Å². The highest BCUT2D eigenvalue weighted by atomic mass is 79.9. The van der Waals surface area contributed by atoms with Crippen LogP contribution in [0.3, 0.4) is 0 Å². The number of likely N-dealkylation sites (N-methyl/N-ethyl adjacent to an activating group) is 1. The van der Waals surface area contributed by atoms with Gasteiger partial charge in [0.25, 0.3) is 0 Å². The van der Waals surface area contributed by atoms with Crippen molar-refractivity contribution >= 4 is 21.6 Å². The first-order valence-corrected chi connectivity index (χ1v) is 6.97. The van der Waals surface area contributed by atoms with Crippen LogP contribution in [0, 0.1) is 0 Å². The van der Waals surface area contributed by atoms with E-state index in [2.05, 4.69) is 26.1 Å². The Morgan fingerprint density at radius 2 is 2.05 bits per heavy atom. The second kappa shape index (κ2) is 5.71. The van der Waals surface area contributed by atoms with Crippen molar-refractivity contribution < 1.29 is 13.2 Å². The Morgan fingerprint density at radius 1 is 1.32 bits per heavy atom. The topological polar surface area (TPSA) is 15.3 Å². The van der Waals surface area contributed by atoms with Gasteiger partial charge in [-0.25, -0.2) is 0 Å². The van der Waals surface area contributed by atoms with Crippen molar-refractivity contribution in [1.82, 2.24) is 4.90 Å². The molecule has 6 heteroatoms. The summed E-state index contributed by atoms with van der Waals surface area (Å²) in [7, 11) is 2.02. The number of likely N-dealkylation sites (tertiary alicyclic amines) is 1. The monoisotopic (exact) mass is 336 g/mol. The molecule has 2 nitrogen and oxygen atoms in total. The third-order valence-corrected chi connectivity index (χ3v) is 3.68. The summed E-state index contributed by atoms with van der Waals surface area (Å²) in [4.78, 5) is 2.18. The van der Waals surface area contributed by atoms with Gasteiger partial charge in [0.15, 0.2) is 0 Å². The molecule has 0 aliphatic carbocycles. The highest BCUT2D eigenvalue weighted by molar-refractivity contribution is 9.10. The standard InChI is InChI=1S/C13H16BrF3N2/c1-19-4-2-3-11(8-19)18-12-6-9(13(15,16)17)5-10(14)7-12/h5-7,11,18H,2-4,8H2,1H3. The molecule has 1 heterocycles. The molecule has 2 rings (SSSR count). The average molecular weight is 337 g/mol. The maximum Gasteiger partial charge on any atom is 0.416 e. The van der Waals surface area contributed by atoms with Crippen LogP contribution >= 0.6 is 15.9 Å². The van der Waals surface area contributed by atoms with Gasteiger partial charge in [0.2, 0.25) is 0 Å². The van der Waals surface area contributed by atoms with Crippen molar-refractivity contribution in [3.8, 4) is 0 Å². The van der Waals surface area contributed by atoms with Gasteiger partial charge >= 0.3 is 6.18 Å². The van der Waals surface area contributed by atoms with Crippen LogP contribution in [0.5, 0.6) is 0 Å². The molecule has 1 atom stereocenters. The molecular weight excluding hydrogens is 321 g/mol. The molecular formula is C13H16BrF3N2. The summed E-state index contributed by atoms with van der Waals surface area (Å²) in [5.74, 6) is 0. The SMILES string of the molecule is CN1CCCC(Nc2cc(Br)cc(C(F)(F)F)c2)C1. The summed E-state index contributed by atoms with van der Waals surface area (Å²) in [5, 5.41) is 3.19. The van der Waals surface area contributed by atoms with Crippen molar-refractivity contribution in [3.05, 3.63) is 28.2 Å². The zero-order chi connectivity index (χ0) is 14.0. The minimum atomic E-state index is -4.32. The number of anilines is 1. The van der Waals surface area contributed by atoms with E-state index in [0.29, 0.717) is 10.2 Å². The number of benzene rings is 1. The fourth-order valence-electron chi connectivity index (χ4n) is 2.36. The van der Waals surface area contributed by atoms with Gasteiger partial charge in [-0.05, 0) is 44.6 Å². The van der Waals surface area contributed by atoms with E-state index in [0.717, 1.165) is 32.0 Å². The van der Waals surface area contributed by atoms with Gasteiger partial charge in [-0.15, -0.1) is 0 Å². The molecule has 0 bridgehead atoms. The molecule has 1 aliphatic rings. The molecule has 1 aromatic carbocycles. The molecule has 0 spiro atoms. The van der Waals surface area contributed by atoms with Crippen LogP contribution in [0.2, 0.25) is 0 Å². The predicted octanol–water partition coefficient (Wildman–Crippen LogP) is 3.97. The molecule has 0 amide bonds. The summed E-state index contributed by atoms with van der Waals surface area (Å²) < 4.78 is 38.6. The fraction of sp³-hybridized carbons (Fsp3) is 0.538. The molecule has 1 aliphatic heterocycles. The Bertz CT molecular complexity index is 448. The van der Waals surface area contributed by atoms with E-state index in [1.807, 2.05) is 7.05 Å². The number of nitrogens with zero attached hydrogens (tertiary/aromatic N) is 1. The van der Waals surface area contributed by atoms with Crippen molar-refractivity contribution in [3.63, 3.8) is 0 Å². The van der Waals surface area contributed by atoms with Crippen molar-refractivity contribution in [1.29, 1.82) is 0 Å². The van der Waals surface area contributed by atoms with E-state index in [1.54, 1.807) is 6.07 Å². The van der Waals surface area contributed by atoms with Crippen LogP contribution < -0.4 is 5.32 Å². The van der Waals surface area contributed by atoms with Crippen LogP contribution in [0.15, 0.2) is 22.7 Å². The largest absolute Gasteiger partial charge is 0.416 e. The first-order chi connectivity index (χ1) is 8.84. The second-order valence-corrected chi connectivity index (χ2v) is 5.89. The summed E-state index contributed by atoms with van der Waals surface area (Å²) >= 11 is 3.13. The van der Waals surface area contributed by atoms with E-state index in [4.69, 9.17) is 0 Å². The molecule has 1 unspecified atom stereocenters. The van der Waals surface area contributed by atoms with Gasteiger partial charge in [0.1, 0.15) is 0 Å². The summed E-state index contributed by atoms with van der Waals surface area (Å²) in [6.07, 6.45) is -2.27. The molecule has 106 valence electrons. The van der Waals surface area contributed by atoms with E-state index in [9.17, 15) is 13.2 Å². The average Bonchev–Trinajstić information content (AvgIpc) is 2.26. The maximum absolute atomic E-state index is 12.7. The highest BCUT2D eigenvalue weighted by Crippen LogP contribution is 2.33. The third kappa shape index (κ3) is 4.11. The fourth-order valence-corrected chi connectivity index (χ4v) is 2.85. The molecule has 1 saturated heterocycles. The Hall–Kier alpha value is -0.750. The maximum atomic E-state index is 12.7. The van der Waals surface area contributed by atoms with Gasteiger partial charge in [-0.3, -0.25) is 0 Å². The molecule has 0 radical (unpaired) electrons. The van der Waals surface area contributed by atoms with Crippen LogP contribution in [-0.2, 0) is 6.18 Å². The van der Waals surface area contributed by atoms with Crippen molar-refractivity contribution in [2.24, 2.45) is 0 Å². The van der Waals surface area contributed by atoms with Crippen LogP contribution in [0.1, 0.15) is 18.4 Å². The molecule has 1 N–H and O–H groups in total. The van der Waals surface area contributed by atoms with Gasteiger partial charge in [0, 0.05) is 22.7 Å². The number of rotatable bonds is 2. The molecule has 19 heavy (non-hydrogen) atoms. The number of piperidine rings is 1. The van der Waals surface area contributed by atoms with Gasteiger partial charge in [0.05, 0.1) is 5.56 Å². The lowest BCUT2D eigenvalue weighted by Crippen LogP contribution is -2.39. The number of hydrogen-bond acceptors (Lipinski definition) is 2. The molecule has 0 aromatic heterocycles. The van der Waals surface area contributed by atoms with Crippen LogP contribution in [0.25, 0.3) is 0 Å². The first kappa shape index (κ1) is 14.7. The van der Waals surface area contributed by atoms with Gasteiger partial charge < -0.3 is 10.2 Å². The third-order valence-electron chi connectivity index (χ3n) is 3.22. The second-order valence-electron chi connectivity index (χ2n) is 4.97. The molecule has 1 fully saturated rings. The Morgan fingerprint density at radius 3 is 2.68 bits per heavy atom. The smallest absolute Gasteiger partial charge is 0.381 e. The zero-order valence-corrected chi connectivity index (χ0v) is 12.2.